The smallest absolute Gasteiger partial charge is 0.259 e. The van der Waals surface area contributed by atoms with Crippen molar-refractivity contribution in [1.29, 1.82) is 0 Å². The van der Waals surface area contributed by atoms with Crippen LogP contribution in [0.2, 0.25) is 0 Å². The Morgan fingerprint density at radius 3 is 1.85 bits per heavy atom. The molecular weight excluding hydrogens is 562 g/mol. The first-order valence-corrected chi connectivity index (χ1v) is 16.4. The van der Waals surface area contributed by atoms with Crippen molar-refractivity contribution in [3.05, 3.63) is 96.6 Å². The molecule has 2 heterocycles. The average molecular weight is 596 g/mol. The summed E-state index contributed by atoms with van der Waals surface area (Å²) >= 11 is 0. The third kappa shape index (κ3) is 6.74. The molecule has 5 rings (SSSR count). The topological polar surface area (TPSA) is 119 Å². The number of nitrogens with one attached hydrogen (secondary N) is 1. The van der Waals surface area contributed by atoms with E-state index in [2.05, 4.69) is 27.6 Å². The summed E-state index contributed by atoms with van der Waals surface area (Å²) < 4.78 is 56.0. The molecule has 0 unspecified atom stereocenters. The van der Waals surface area contributed by atoms with Crippen LogP contribution in [0.15, 0.2) is 106 Å². The highest BCUT2D eigenvalue weighted by atomic mass is 32.2. The Labute approximate surface area is 241 Å². The van der Waals surface area contributed by atoms with Gasteiger partial charge in [-0.3, -0.25) is 9.69 Å². The molecule has 0 aliphatic carbocycles. The van der Waals surface area contributed by atoms with E-state index in [1.165, 1.54) is 34.1 Å². The van der Waals surface area contributed by atoms with Gasteiger partial charge in [-0.05, 0) is 29.8 Å². The summed E-state index contributed by atoms with van der Waals surface area (Å²) in [5.74, 6) is -0.670. The SMILES string of the molecule is O=C(NN=C1CCN(Cc2ccccc2)CC1)[C@H]1CN(S(=O)(=O)c2ccccc2)CCN1S(=O)(=O)c1ccccc1. The Kier molecular flexibility index (Phi) is 8.95. The lowest BCUT2D eigenvalue weighted by Crippen LogP contribution is -2.60. The maximum absolute atomic E-state index is 13.6. The molecule has 1 N–H and O–H groups in total. The molecule has 2 saturated heterocycles. The van der Waals surface area contributed by atoms with Crippen LogP contribution < -0.4 is 5.43 Å². The van der Waals surface area contributed by atoms with Gasteiger partial charge in [0.25, 0.3) is 5.91 Å². The minimum absolute atomic E-state index is 0.0364. The van der Waals surface area contributed by atoms with E-state index in [1.54, 1.807) is 36.4 Å². The van der Waals surface area contributed by atoms with Crippen LogP contribution >= 0.6 is 0 Å². The second-order valence-corrected chi connectivity index (χ2v) is 13.9. The molecule has 0 bridgehead atoms. The van der Waals surface area contributed by atoms with Crippen molar-refractivity contribution < 1.29 is 21.6 Å². The summed E-state index contributed by atoms with van der Waals surface area (Å²) in [6, 6.07) is 24.6. The number of hydrazone groups is 1. The number of hydrogen-bond donors (Lipinski definition) is 1. The summed E-state index contributed by atoms with van der Waals surface area (Å²) in [7, 11) is -8.01. The van der Waals surface area contributed by atoms with Crippen LogP contribution in [0.4, 0.5) is 0 Å². The van der Waals surface area contributed by atoms with Gasteiger partial charge in [0, 0.05) is 57.8 Å². The quantitative estimate of drug-likeness (QED) is 0.400. The van der Waals surface area contributed by atoms with Crippen LogP contribution in [0.25, 0.3) is 0 Å². The van der Waals surface area contributed by atoms with E-state index >= 15 is 0 Å². The number of rotatable bonds is 8. The zero-order chi connectivity index (χ0) is 28.9. The van der Waals surface area contributed by atoms with Crippen molar-refractivity contribution >= 4 is 31.7 Å². The lowest BCUT2D eigenvalue weighted by Gasteiger charge is -2.38. The first kappa shape index (κ1) is 29.1. The highest BCUT2D eigenvalue weighted by Gasteiger charge is 2.43. The van der Waals surface area contributed by atoms with Crippen molar-refractivity contribution in [1.82, 2.24) is 18.9 Å². The number of carbonyl (C=O) groups is 1. The number of sulfonamides is 2. The van der Waals surface area contributed by atoms with Crippen LogP contribution in [0.3, 0.4) is 0 Å². The lowest BCUT2D eigenvalue weighted by molar-refractivity contribution is -0.125. The molecule has 0 saturated carbocycles. The first-order chi connectivity index (χ1) is 19.7. The molecule has 1 amide bonds. The van der Waals surface area contributed by atoms with Crippen LogP contribution in [0, 0.1) is 0 Å². The predicted octanol–water partition coefficient (Wildman–Crippen LogP) is 2.52. The first-order valence-electron chi connectivity index (χ1n) is 13.5. The van der Waals surface area contributed by atoms with Crippen LogP contribution in [-0.2, 0) is 31.4 Å². The van der Waals surface area contributed by atoms with Crippen molar-refractivity contribution in [3.8, 4) is 0 Å². The van der Waals surface area contributed by atoms with Crippen LogP contribution in [0.5, 0.6) is 0 Å². The standard InChI is InChI=1S/C29H33N5O5S2/c35-29(31-30-25-16-18-32(19-17-25)22-24-10-4-1-5-11-24)28-23-33(40(36,37)26-12-6-2-7-13-26)20-21-34(28)41(38,39)27-14-8-3-9-15-27/h1-15,28H,16-23H2,(H,31,35)/t28-/m1/s1. The number of hydrogen-bond acceptors (Lipinski definition) is 7. The fourth-order valence-electron chi connectivity index (χ4n) is 5.06. The molecule has 0 radical (unpaired) electrons. The number of carbonyl (C=O) groups excluding carboxylic acids is 1. The van der Waals surface area contributed by atoms with E-state index in [-0.39, 0.29) is 29.4 Å². The third-order valence-corrected chi connectivity index (χ3v) is 11.1. The van der Waals surface area contributed by atoms with Gasteiger partial charge < -0.3 is 0 Å². The molecule has 2 aliphatic rings. The number of amides is 1. The monoisotopic (exact) mass is 595 g/mol. The summed E-state index contributed by atoms with van der Waals surface area (Å²) in [4.78, 5) is 15.9. The van der Waals surface area contributed by atoms with E-state index in [9.17, 15) is 21.6 Å². The molecule has 216 valence electrons. The van der Waals surface area contributed by atoms with Gasteiger partial charge in [-0.15, -0.1) is 0 Å². The number of piperidine rings is 1. The summed E-state index contributed by atoms with van der Waals surface area (Å²) in [5, 5.41) is 4.34. The minimum Gasteiger partial charge on any atom is -0.298 e. The Morgan fingerprint density at radius 2 is 1.27 bits per heavy atom. The van der Waals surface area contributed by atoms with Gasteiger partial charge in [0.2, 0.25) is 20.0 Å². The van der Waals surface area contributed by atoms with E-state index in [1.807, 2.05) is 18.2 Å². The largest absolute Gasteiger partial charge is 0.298 e. The second-order valence-electron chi connectivity index (χ2n) is 10.0. The zero-order valence-electron chi connectivity index (χ0n) is 22.5. The van der Waals surface area contributed by atoms with Crippen molar-refractivity contribution in [2.75, 3.05) is 32.7 Å². The van der Waals surface area contributed by atoms with Crippen LogP contribution in [-0.4, -0.2) is 80.7 Å². The van der Waals surface area contributed by atoms with Gasteiger partial charge in [-0.1, -0.05) is 66.7 Å². The summed E-state index contributed by atoms with van der Waals surface area (Å²) in [6.07, 6.45) is 1.33. The molecule has 0 aromatic heterocycles. The van der Waals surface area contributed by atoms with Crippen LogP contribution in [0.1, 0.15) is 18.4 Å². The van der Waals surface area contributed by atoms with Gasteiger partial charge in [0.15, 0.2) is 0 Å². The van der Waals surface area contributed by atoms with E-state index in [0.29, 0.717) is 12.8 Å². The Bertz CT molecular complexity index is 1570. The van der Waals surface area contributed by atoms with E-state index < -0.39 is 32.0 Å². The normalized spacial score (nSPS) is 19.5. The fraction of sp³-hybridized carbons (Fsp3) is 0.310. The van der Waals surface area contributed by atoms with Gasteiger partial charge in [0.05, 0.1) is 9.79 Å². The molecule has 10 nitrogen and oxygen atoms in total. The van der Waals surface area contributed by atoms with E-state index in [4.69, 9.17) is 0 Å². The molecular formula is C29H33N5O5S2. The maximum atomic E-state index is 13.6. The molecule has 12 heteroatoms. The number of piperazine rings is 1. The number of benzene rings is 3. The number of likely N-dealkylation sites (tertiary alicyclic amines) is 1. The molecule has 0 spiro atoms. The zero-order valence-corrected chi connectivity index (χ0v) is 24.2. The Balaban J connectivity index is 1.32. The lowest BCUT2D eigenvalue weighted by atomic mass is 10.1. The molecule has 3 aromatic rings. The van der Waals surface area contributed by atoms with Gasteiger partial charge >= 0.3 is 0 Å². The maximum Gasteiger partial charge on any atom is 0.259 e. The summed E-state index contributed by atoms with van der Waals surface area (Å²) in [6.45, 7) is 1.81. The Hall–Kier alpha value is -3.42. The third-order valence-electron chi connectivity index (χ3n) is 7.33. The van der Waals surface area contributed by atoms with Crippen molar-refractivity contribution in [2.45, 2.75) is 35.2 Å². The predicted molar refractivity (Wildman–Crippen MR) is 156 cm³/mol. The highest BCUT2D eigenvalue weighted by molar-refractivity contribution is 7.89. The van der Waals surface area contributed by atoms with Crippen molar-refractivity contribution in [2.24, 2.45) is 5.10 Å². The van der Waals surface area contributed by atoms with E-state index in [0.717, 1.165) is 29.7 Å². The number of nitrogens with zero attached hydrogens (tertiary/aromatic N) is 4. The minimum atomic E-state index is -4.07. The van der Waals surface area contributed by atoms with Gasteiger partial charge in [0.1, 0.15) is 6.04 Å². The van der Waals surface area contributed by atoms with Gasteiger partial charge in [-0.25, -0.2) is 22.3 Å². The van der Waals surface area contributed by atoms with Gasteiger partial charge in [-0.2, -0.15) is 13.7 Å². The molecule has 2 aliphatic heterocycles. The molecule has 41 heavy (non-hydrogen) atoms. The second kappa shape index (κ2) is 12.6. The fourth-order valence-corrected chi connectivity index (χ4v) is 8.11. The summed E-state index contributed by atoms with van der Waals surface area (Å²) in [5.41, 5.74) is 4.59. The average Bonchev–Trinajstić information content (AvgIpc) is 3.01. The molecule has 3 aromatic carbocycles. The molecule has 1 atom stereocenters. The highest BCUT2D eigenvalue weighted by Crippen LogP contribution is 2.25. The van der Waals surface area contributed by atoms with Crippen molar-refractivity contribution in [3.63, 3.8) is 0 Å². The Morgan fingerprint density at radius 1 is 0.732 bits per heavy atom. The molecule has 2 fully saturated rings.